The largest absolute Gasteiger partial charge is 0.478 e. The summed E-state index contributed by atoms with van der Waals surface area (Å²) in [5.41, 5.74) is 4.83. The molecule has 4 heteroatoms. The third-order valence-corrected chi connectivity index (χ3v) is 4.04. The summed E-state index contributed by atoms with van der Waals surface area (Å²) in [7, 11) is 0. The van der Waals surface area contributed by atoms with Crippen LogP contribution in [-0.2, 0) is 22.4 Å². The third-order valence-electron chi connectivity index (χ3n) is 4.04. The Kier molecular flexibility index (Phi) is 5.91. The lowest BCUT2D eigenvalue weighted by Crippen LogP contribution is -2.02. The zero-order valence-corrected chi connectivity index (χ0v) is 14.4. The van der Waals surface area contributed by atoms with Crippen molar-refractivity contribution in [3.05, 3.63) is 90.0 Å². The zero-order chi connectivity index (χ0) is 19.3. The summed E-state index contributed by atoms with van der Waals surface area (Å²) in [6.45, 7) is 10.9. The lowest BCUT2D eigenvalue weighted by Gasteiger charge is -2.11. The van der Waals surface area contributed by atoms with Crippen molar-refractivity contribution in [3.8, 4) is 11.1 Å². The molecule has 0 fully saturated rings. The van der Waals surface area contributed by atoms with Gasteiger partial charge in [-0.1, -0.05) is 68.3 Å². The summed E-state index contributed by atoms with van der Waals surface area (Å²) in [5, 5.41) is 17.9. The van der Waals surface area contributed by atoms with Crippen LogP contribution in [0.1, 0.15) is 16.7 Å². The van der Waals surface area contributed by atoms with E-state index in [1.165, 1.54) is 0 Å². The van der Waals surface area contributed by atoms with Crippen molar-refractivity contribution in [2.45, 2.75) is 12.8 Å². The third kappa shape index (κ3) is 4.57. The van der Waals surface area contributed by atoms with Crippen LogP contribution in [-0.4, -0.2) is 22.2 Å². The van der Waals surface area contributed by atoms with E-state index in [1.807, 2.05) is 42.5 Å². The topological polar surface area (TPSA) is 74.6 Å². The van der Waals surface area contributed by atoms with E-state index in [0.717, 1.165) is 27.8 Å². The standard InChI is InChI=1S/C22H20O4/c1-4-18-13-17(12-15(3)22(25)26)7-10-20(18)19-8-5-16(6-9-19)11-14(2)21(23)24/h4-10,13H,1-3,11-12H2,(H,23,24)(H,25,26). The highest BCUT2D eigenvalue weighted by Gasteiger charge is 2.09. The number of carbonyl (C=O) groups is 2. The van der Waals surface area contributed by atoms with Gasteiger partial charge in [-0.15, -0.1) is 0 Å². The van der Waals surface area contributed by atoms with Crippen molar-refractivity contribution in [2.24, 2.45) is 0 Å². The molecule has 0 spiro atoms. The number of benzene rings is 2. The van der Waals surface area contributed by atoms with Crippen LogP contribution < -0.4 is 0 Å². The maximum Gasteiger partial charge on any atom is 0.331 e. The van der Waals surface area contributed by atoms with Crippen molar-refractivity contribution in [1.29, 1.82) is 0 Å². The summed E-state index contributed by atoms with van der Waals surface area (Å²) in [5.74, 6) is -2.01. The number of rotatable bonds is 8. The number of hydrogen-bond acceptors (Lipinski definition) is 2. The maximum atomic E-state index is 10.9. The molecule has 2 aromatic rings. The summed E-state index contributed by atoms with van der Waals surface area (Å²) in [4.78, 5) is 21.8. The summed E-state index contributed by atoms with van der Waals surface area (Å²) in [6, 6.07) is 13.3. The molecule has 0 aromatic heterocycles. The molecule has 0 bridgehead atoms. The minimum atomic E-state index is -1.01. The van der Waals surface area contributed by atoms with E-state index in [-0.39, 0.29) is 17.6 Å². The average Bonchev–Trinajstić information content (AvgIpc) is 2.62. The molecule has 0 saturated carbocycles. The maximum absolute atomic E-state index is 10.9. The molecule has 2 N–H and O–H groups in total. The molecule has 0 radical (unpaired) electrons. The normalized spacial score (nSPS) is 10.2. The molecule has 0 aliphatic heterocycles. The highest BCUT2D eigenvalue weighted by Crippen LogP contribution is 2.27. The second kappa shape index (κ2) is 8.12. The van der Waals surface area contributed by atoms with Gasteiger partial charge in [-0.25, -0.2) is 9.59 Å². The van der Waals surface area contributed by atoms with Crippen molar-refractivity contribution in [2.75, 3.05) is 0 Å². The molecule has 0 heterocycles. The van der Waals surface area contributed by atoms with Gasteiger partial charge < -0.3 is 10.2 Å². The smallest absolute Gasteiger partial charge is 0.331 e. The Morgan fingerprint density at radius 1 is 0.846 bits per heavy atom. The fourth-order valence-electron chi connectivity index (χ4n) is 2.60. The molecule has 0 atom stereocenters. The first kappa shape index (κ1) is 18.9. The Bertz CT molecular complexity index is 889. The SMILES string of the molecule is C=Cc1cc(CC(=C)C(=O)O)ccc1-c1ccc(CC(=C)C(=O)O)cc1. The van der Waals surface area contributed by atoms with Gasteiger partial charge in [0.1, 0.15) is 0 Å². The predicted octanol–water partition coefficient (Wildman–Crippen LogP) is 4.36. The van der Waals surface area contributed by atoms with Crippen LogP contribution in [0.5, 0.6) is 0 Å². The molecule has 2 aromatic carbocycles. The van der Waals surface area contributed by atoms with E-state index < -0.39 is 11.9 Å². The zero-order valence-electron chi connectivity index (χ0n) is 14.4. The van der Waals surface area contributed by atoms with Gasteiger partial charge in [0, 0.05) is 24.0 Å². The number of carboxylic acids is 2. The minimum absolute atomic E-state index is 0.135. The fourth-order valence-corrected chi connectivity index (χ4v) is 2.60. The molecule has 132 valence electrons. The minimum Gasteiger partial charge on any atom is -0.478 e. The highest BCUT2D eigenvalue weighted by atomic mass is 16.4. The van der Waals surface area contributed by atoms with Crippen molar-refractivity contribution < 1.29 is 19.8 Å². The van der Waals surface area contributed by atoms with Gasteiger partial charge in [-0.3, -0.25) is 0 Å². The van der Waals surface area contributed by atoms with Gasteiger partial charge in [0.15, 0.2) is 0 Å². The van der Waals surface area contributed by atoms with Gasteiger partial charge in [0.25, 0.3) is 0 Å². The molecular weight excluding hydrogens is 328 g/mol. The first-order valence-corrected chi connectivity index (χ1v) is 7.98. The van der Waals surface area contributed by atoms with E-state index in [2.05, 4.69) is 19.7 Å². The second-order valence-electron chi connectivity index (χ2n) is 5.99. The second-order valence-corrected chi connectivity index (χ2v) is 5.99. The Balaban J connectivity index is 2.26. The van der Waals surface area contributed by atoms with Crippen LogP contribution in [0.2, 0.25) is 0 Å². The Hall–Kier alpha value is -3.40. The van der Waals surface area contributed by atoms with Gasteiger partial charge >= 0.3 is 11.9 Å². The average molecular weight is 348 g/mol. The van der Waals surface area contributed by atoms with Gasteiger partial charge in [0.05, 0.1) is 0 Å². The summed E-state index contributed by atoms with van der Waals surface area (Å²) >= 11 is 0. The number of hydrogen-bond donors (Lipinski definition) is 2. The van der Waals surface area contributed by atoms with Crippen LogP contribution in [0.4, 0.5) is 0 Å². The molecular formula is C22H20O4. The quantitative estimate of drug-likeness (QED) is 0.695. The number of aliphatic carboxylic acids is 2. The van der Waals surface area contributed by atoms with Crippen LogP contribution in [0, 0.1) is 0 Å². The molecule has 0 amide bonds. The van der Waals surface area contributed by atoms with E-state index in [1.54, 1.807) is 6.08 Å². The van der Waals surface area contributed by atoms with Gasteiger partial charge in [-0.05, 0) is 27.8 Å². The fraction of sp³-hybridized carbons (Fsp3) is 0.0909. The molecule has 0 aliphatic carbocycles. The molecule has 0 unspecified atom stereocenters. The van der Waals surface area contributed by atoms with E-state index in [0.29, 0.717) is 6.42 Å². The first-order chi connectivity index (χ1) is 12.3. The number of carboxylic acid groups (broad SMARTS) is 2. The Morgan fingerprint density at radius 2 is 1.35 bits per heavy atom. The van der Waals surface area contributed by atoms with Crippen molar-refractivity contribution in [1.82, 2.24) is 0 Å². The Morgan fingerprint density at radius 3 is 1.85 bits per heavy atom. The molecule has 0 aliphatic rings. The lowest BCUT2D eigenvalue weighted by molar-refractivity contribution is -0.133. The molecule has 26 heavy (non-hydrogen) atoms. The van der Waals surface area contributed by atoms with Crippen LogP contribution in [0.25, 0.3) is 17.2 Å². The highest BCUT2D eigenvalue weighted by molar-refractivity contribution is 5.87. The first-order valence-electron chi connectivity index (χ1n) is 7.98. The summed E-state index contributed by atoms with van der Waals surface area (Å²) < 4.78 is 0. The van der Waals surface area contributed by atoms with E-state index >= 15 is 0 Å². The van der Waals surface area contributed by atoms with Crippen LogP contribution >= 0.6 is 0 Å². The van der Waals surface area contributed by atoms with Crippen molar-refractivity contribution in [3.63, 3.8) is 0 Å². The van der Waals surface area contributed by atoms with E-state index in [4.69, 9.17) is 10.2 Å². The molecule has 0 saturated heterocycles. The predicted molar refractivity (Wildman–Crippen MR) is 103 cm³/mol. The van der Waals surface area contributed by atoms with Crippen LogP contribution in [0.3, 0.4) is 0 Å². The summed E-state index contributed by atoms with van der Waals surface area (Å²) in [6.07, 6.45) is 2.29. The molecule has 2 rings (SSSR count). The van der Waals surface area contributed by atoms with Gasteiger partial charge in [0.2, 0.25) is 0 Å². The van der Waals surface area contributed by atoms with Crippen molar-refractivity contribution >= 4 is 18.0 Å². The Labute approximate surface area is 152 Å². The van der Waals surface area contributed by atoms with Crippen LogP contribution in [0.15, 0.2) is 73.3 Å². The molecule has 4 nitrogen and oxygen atoms in total. The van der Waals surface area contributed by atoms with Gasteiger partial charge in [-0.2, -0.15) is 0 Å². The monoisotopic (exact) mass is 348 g/mol. The lowest BCUT2D eigenvalue weighted by atomic mass is 9.94. The van der Waals surface area contributed by atoms with E-state index in [9.17, 15) is 9.59 Å².